The maximum atomic E-state index is 12.8. The molecule has 1 unspecified atom stereocenters. The molecule has 0 aliphatic carbocycles. The summed E-state index contributed by atoms with van der Waals surface area (Å²) in [6.07, 6.45) is 69.5. The van der Waals surface area contributed by atoms with Gasteiger partial charge in [-0.1, -0.05) is 242 Å². The SMILES string of the molecule is CC/C=C\C/C=C\C/C=C\CCCCCCCCOCC(COC(=O)CCCCCCCCCCCCCCCCCCC)OC(=O)CCCCCCC/C=C\C/C=C\CCCCC. The second kappa shape index (κ2) is 54.9. The highest BCUT2D eigenvalue weighted by Gasteiger charge is 2.17. The van der Waals surface area contributed by atoms with Crippen molar-refractivity contribution < 1.29 is 23.8 Å². The molecule has 0 fully saturated rings. The molecule has 0 spiro atoms. The third-order valence-electron chi connectivity index (χ3n) is 12.0. The zero-order chi connectivity index (χ0) is 46.3. The summed E-state index contributed by atoms with van der Waals surface area (Å²) in [7, 11) is 0. The van der Waals surface area contributed by atoms with Crippen LogP contribution < -0.4 is 0 Å². The van der Waals surface area contributed by atoms with Gasteiger partial charge in [-0.25, -0.2) is 0 Å². The summed E-state index contributed by atoms with van der Waals surface area (Å²) in [6.45, 7) is 7.69. The smallest absolute Gasteiger partial charge is 0.306 e. The van der Waals surface area contributed by atoms with Crippen molar-refractivity contribution in [2.45, 2.75) is 284 Å². The van der Waals surface area contributed by atoms with E-state index in [4.69, 9.17) is 14.2 Å². The maximum absolute atomic E-state index is 12.8. The molecule has 0 heterocycles. The number of unbranched alkanes of at least 4 members (excludes halogenated alkanes) is 30. The minimum Gasteiger partial charge on any atom is -0.462 e. The maximum Gasteiger partial charge on any atom is 0.306 e. The van der Waals surface area contributed by atoms with Crippen LogP contribution >= 0.6 is 0 Å². The van der Waals surface area contributed by atoms with Crippen LogP contribution in [-0.4, -0.2) is 37.9 Å². The first-order chi connectivity index (χ1) is 31.6. The molecule has 0 aromatic heterocycles. The van der Waals surface area contributed by atoms with Crippen LogP contribution in [0.25, 0.3) is 0 Å². The normalized spacial score (nSPS) is 12.6. The molecule has 0 saturated carbocycles. The lowest BCUT2D eigenvalue weighted by Gasteiger charge is -2.18. The summed E-state index contributed by atoms with van der Waals surface area (Å²) in [5.41, 5.74) is 0. The molecule has 0 amide bonds. The summed E-state index contributed by atoms with van der Waals surface area (Å²) < 4.78 is 17.4. The first kappa shape index (κ1) is 61.6. The second-order valence-electron chi connectivity index (χ2n) is 18.5. The van der Waals surface area contributed by atoms with Crippen molar-refractivity contribution in [1.82, 2.24) is 0 Å². The van der Waals surface area contributed by atoms with E-state index < -0.39 is 6.10 Å². The molecule has 0 rings (SSSR count). The number of hydrogen-bond donors (Lipinski definition) is 0. The lowest BCUT2D eigenvalue weighted by atomic mass is 10.0. The van der Waals surface area contributed by atoms with E-state index in [-0.39, 0.29) is 25.2 Å². The monoisotopic (exact) mass is 895 g/mol. The number of hydrogen-bond acceptors (Lipinski definition) is 5. The fourth-order valence-corrected chi connectivity index (χ4v) is 7.91. The molecule has 0 bridgehead atoms. The Labute approximate surface area is 398 Å². The van der Waals surface area contributed by atoms with Crippen LogP contribution in [0.4, 0.5) is 0 Å². The van der Waals surface area contributed by atoms with Gasteiger partial charge >= 0.3 is 11.9 Å². The van der Waals surface area contributed by atoms with Gasteiger partial charge in [0.2, 0.25) is 0 Å². The average molecular weight is 895 g/mol. The molecule has 0 aliphatic rings. The van der Waals surface area contributed by atoms with E-state index in [1.807, 2.05) is 0 Å². The predicted octanol–water partition coefficient (Wildman–Crippen LogP) is 18.9. The molecule has 5 nitrogen and oxygen atoms in total. The fraction of sp³-hybridized carbons (Fsp3) is 0.797. The van der Waals surface area contributed by atoms with E-state index in [0.29, 0.717) is 19.4 Å². The van der Waals surface area contributed by atoms with E-state index in [9.17, 15) is 9.59 Å². The number of carbonyl (C=O) groups excluding carboxylic acids is 2. The number of rotatable bonds is 51. The Bertz CT molecular complexity index is 1100. The molecule has 0 aromatic rings. The largest absolute Gasteiger partial charge is 0.462 e. The van der Waals surface area contributed by atoms with Gasteiger partial charge in [-0.2, -0.15) is 0 Å². The third kappa shape index (κ3) is 52.2. The van der Waals surface area contributed by atoms with E-state index in [2.05, 4.69) is 81.5 Å². The van der Waals surface area contributed by atoms with Gasteiger partial charge in [0.15, 0.2) is 6.10 Å². The summed E-state index contributed by atoms with van der Waals surface area (Å²) in [6, 6.07) is 0. The lowest BCUT2D eigenvalue weighted by molar-refractivity contribution is -0.163. The first-order valence-corrected chi connectivity index (χ1v) is 27.8. The minimum atomic E-state index is -0.550. The van der Waals surface area contributed by atoms with E-state index in [1.165, 1.54) is 161 Å². The van der Waals surface area contributed by atoms with Crippen molar-refractivity contribution in [2.75, 3.05) is 19.8 Å². The van der Waals surface area contributed by atoms with Crippen molar-refractivity contribution in [2.24, 2.45) is 0 Å². The van der Waals surface area contributed by atoms with Crippen molar-refractivity contribution in [3.8, 4) is 0 Å². The molecule has 1 atom stereocenters. The highest BCUT2D eigenvalue weighted by Crippen LogP contribution is 2.16. The van der Waals surface area contributed by atoms with Gasteiger partial charge in [-0.3, -0.25) is 9.59 Å². The molecular formula is C59H106O5. The van der Waals surface area contributed by atoms with Gasteiger partial charge in [0.05, 0.1) is 6.61 Å². The second-order valence-corrected chi connectivity index (χ2v) is 18.5. The van der Waals surface area contributed by atoms with Crippen LogP contribution in [0.1, 0.15) is 278 Å². The molecule has 0 radical (unpaired) electrons. The highest BCUT2D eigenvalue weighted by molar-refractivity contribution is 5.70. The molecule has 0 aliphatic heterocycles. The Morgan fingerprint density at radius 1 is 0.359 bits per heavy atom. The van der Waals surface area contributed by atoms with Crippen molar-refractivity contribution in [1.29, 1.82) is 0 Å². The fourth-order valence-electron chi connectivity index (χ4n) is 7.91. The summed E-state index contributed by atoms with van der Waals surface area (Å²) in [4.78, 5) is 25.5. The number of esters is 2. The van der Waals surface area contributed by atoms with Crippen LogP contribution in [0.3, 0.4) is 0 Å². The minimum absolute atomic E-state index is 0.0761. The van der Waals surface area contributed by atoms with Crippen molar-refractivity contribution >= 4 is 11.9 Å². The van der Waals surface area contributed by atoms with E-state index in [1.54, 1.807) is 0 Å². The van der Waals surface area contributed by atoms with Gasteiger partial charge in [0, 0.05) is 19.4 Å². The van der Waals surface area contributed by atoms with E-state index in [0.717, 1.165) is 83.5 Å². The number of allylic oxidation sites excluding steroid dienone is 10. The predicted molar refractivity (Wildman–Crippen MR) is 279 cm³/mol. The van der Waals surface area contributed by atoms with Crippen LogP contribution in [0.15, 0.2) is 60.8 Å². The molecule has 0 saturated heterocycles. The molecule has 0 aromatic carbocycles. The zero-order valence-corrected chi connectivity index (χ0v) is 42.8. The summed E-state index contributed by atoms with van der Waals surface area (Å²) >= 11 is 0. The van der Waals surface area contributed by atoms with Gasteiger partial charge in [0.1, 0.15) is 6.61 Å². The molecule has 5 heteroatoms. The summed E-state index contributed by atoms with van der Waals surface area (Å²) in [5, 5.41) is 0. The number of carbonyl (C=O) groups is 2. The number of ether oxygens (including phenoxy) is 3. The summed E-state index contributed by atoms with van der Waals surface area (Å²) in [5.74, 6) is -0.409. The first-order valence-electron chi connectivity index (χ1n) is 27.8. The Balaban J connectivity index is 4.29. The van der Waals surface area contributed by atoms with Crippen LogP contribution in [0, 0.1) is 0 Å². The van der Waals surface area contributed by atoms with E-state index >= 15 is 0 Å². The topological polar surface area (TPSA) is 61.8 Å². The molecular weight excluding hydrogens is 789 g/mol. The Morgan fingerprint density at radius 2 is 0.703 bits per heavy atom. The lowest BCUT2D eigenvalue weighted by Crippen LogP contribution is -2.30. The van der Waals surface area contributed by atoms with Gasteiger partial charge in [0.25, 0.3) is 0 Å². The quantitative estimate of drug-likeness (QED) is 0.0346. The Kier molecular flexibility index (Phi) is 52.9. The molecule has 0 N–H and O–H groups in total. The Morgan fingerprint density at radius 3 is 1.16 bits per heavy atom. The van der Waals surface area contributed by atoms with Crippen LogP contribution in [0.5, 0.6) is 0 Å². The molecule has 372 valence electrons. The van der Waals surface area contributed by atoms with Crippen LogP contribution in [0.2, 0.25) is 0 Å². The highest BCUT2D eigenvalue weighted by atomic mass is 16.6. The zero-order valence-electron chi connectivity index (χ0n) is 42.8. The molecule has 64 heavy (non-hydrogen) atoms. The standard InChI is InChI=1S/C59H106O5/c1-4-7-10-13-16-19-22-25-28-30-32-34-37-40-43-46-49-52-58(60)63-56-57(55-62-54-51-48-45-42-39-36-33-29-26-23-20-17-14-11-8-5-2)64-59(61)53-50-47-44-41-38-35-31-27-24-21-18-15-12-9-6-3/h8,11,17-18,20-21,26-27,29,31,57H,4-7,9-10,12-16,19,22-25,28,30,32-56H2,1-3H3/b11-8-,20-17-,21-18-,29-26-,31-27-. The Hall–Kier alpha value is -2.40. The average Bonchev–Trinajstić information content (AvgIpc) is 3.30. The van der Waals surface area contributed by atoms with Crippen LogP contribution in [-0.2, 0) is 23.8 Å². The van der Waals surface area contributed by atoms with Crippen molar-refractivity contribution in [3.05, 3.63) is 60.8 Å². The van der Waals surface area contributed by atoms with Gasteiger partial charge < -0.3 is 14.2 Å². The third-order valence-corrected chi connectivity index (χ3v) is 12.0. The van der Waals surface area contributed by atoms with Gasteiger partial charge in [-0.15, -0.1) is 0 Å². The van der Waals surface area contributed by atoms with Gasteiger partial charge in [-0.05, 0) is 83.5 Å². The van der Waals surface area contributed by atoms with Crippen molar-refractivity contribution in [3.63, 3.8) is 0 Å².